The van der Waals surface area contributed by atoms with Gasteiger partial charge in [-0.05, 0) is 38.8 Å². The number of hydrogen-bond acceptors (Lipinski definition) is 2. The Labute approximate surface area is 92.9 Å². The van der Waals surface area contributed by atoms with Gasteiger partial charge in [-0.1, -0.05) is 13.8 Å². The molecule has 0 bridgehead atoms. The van der Waals surface area contributed by atoms with Crippen LogP contribution in [0.25, 0.3) is 0 Å². The maximum atomic E-state index is 4.38. The third-order valence-corrected chi connectivity index (χ3v) is 2.78. The predicted molar refractivity (Wildman–Crippen MR) is 63.8 cm³/mol. The Balaban J connectivity index is 2.69. The summed E-state index contributed by atoms with van der Waals surface area (Å²) < 4.78 is 1.98. The molecule has 0 amide bonds. The molecule has 3 heteroatoms. The lowest BCUT2D eigenvalue weighted by Gasteiger charge is -2.17. The molecule has 1 N–H and O–H groups in total. The zero-order valence-electron chi connectivity index (χ0n) is 10.5. The summed E-state index contributed by atoms with van der Waals surface area (Å²) in [4.78, 5) is 0. The van der Waals surface area contributed by atoms with Crippen molar-refractivity contribution in [1.29, 1.82) is 0 Å². The quantitative estimate of drug-likeness (QED) is 0.807. The molecule has 1 heterocycles. The summed E-state index contributed by atoms with van der Waals surface area (Å²) >= 11 is 0. The standard InChI is InChI=1S/C12H23N3/c1-9(2)6-7-11(13-4)12-8-10(3)14-15(12)5/h8-9,11,13H,6-7H2,1-5H3. The van der Waals surface area contributed by atoms with E-state index in [0.29, 0.717) is 6.04 Å². The molecule has 86 valence electrons. The van der Waals surface area contributed by atoms with Gasteiger partial charge < -0.3 is 5.32 Å². The van der Waals surface area contributed by atoms with Crippen molar-refractivity contribution in [3.05, 3.63) is 17.5 Å². The number of hydrogen-bond donors (Lipinski definition) is 1. The van der Waals surface area contributed by atoms with Crippen LogP contribution in [0.4, 0.5) is 0 Å². The van der Waals surface area contributed by atoms with E-state index in [1.54, 1.807) is 0 Å². The van der Waals surface area contributed by atoms with Crippen molar-refractivity contribution >= 4 is 0 Å². The van der Waals surface area contributed by atoms with Crippen LogP contribution < -0.4 is 5.32 Å². The molecule has 1 aromatic heterocycles. The van der Waals surface area contributed by atoms with Crippen LogP contribution in [0, 0.1) is 12.8 Å². The molecule has 0 spiro atoms. The number of aryl methyl sites for hydroxylation is 2. The molecular weight excluding hydrogens is 186 g/mol. The molecule has 0 saturated carbocycles. The van der Waals surface area contributed by atoms with Gasteiger partial charge in [0.2, 0.25) is 0 Å². The van der Waals surface area contributed by atoms with Crippen molar-refractivity contribution in [1.82, 2.24) is 15.1 Å². The minimum Gasteiger partial charge on any atom is -0.312 e. The normalized spacial score (nSPS) is 13.5. The molecule has 0 aliphatic carbocycles. The van der Waals surface area contributed by atoms with E-state index in [-0.39, 0.29) is 0 Å². The average molecular weight is 209 g/mol. The SMILES string of the molecule is CNC(CCC(C)C)c1cc(C)nn1C. The van der Waals surface area contributed by atoms with E-state index in [1.165, 1.54) is 18.5 Å². The second-order valence-corrected chi connectivity index (χ2v) is 4.65. The third kappa shape index (κ3) is 3.34. The van der Waals surface area contributed by atoms with Gasteiger partial charge in [0, 0.05) is 13.1 Å². The second kappa shape index (κ2) is 5.31. The lowest BCUT2D eigenvalue weighted by atomic mass is 10.0. The van der Waals surface area contributed by atoms with Crippen LogP contribution in [-0.4, -0.2) is 16.8 Å². The van der Waals surface area contributed by atoms with Gasteiger partial charge in [-0.3, -0.25) is 4.68 Å². The Morgan fingerprint density at radius 2 is 2.07 bits per heavy atom. The molecule has 15 heavy (non-hydrogen) atoms. The highest BCUT2D eigenvalue weighted by Crippen LogP contribution is 2.20. The molecule has 0 aliphatic heterocycles. The van der Waals surface area contributed by atoms with E-state index in [2.05, 4.69) is 30.3 Å². The molecule has 1 unspecified atom stereocenters. The Kier molecular flexibility index (Phi) is 4.33. The van der Waals surface area contributed by atoms with E-state index in [4.69, 9.17) is 0 Å². The van der Waals surface area contributed by atoms with Gasteiger partial charge in [-0.25, -0.2) is 0 Å². The maximum Gasteiger partial charge on any atom is 0.0597 e. The Bertz CT molecular complexity index is 302. The van der Waals surface area contributed by atoms with E-state index in [1.807, 2.05) is 25.7 Å². The lowest BCUT2D eigenvalue weighted by molar-refractivity contribution is 0.444. The van der Waals surface area contributed by atoms with Gasteiger partial charge in [-0.2, -0.15) is 5.10 Å². The summed E-state index contributed by atoms with van der Waals surface area (Å²) in [6.45, 7) is 6.57. The first-order valence-electron chi connectivity index (χ1n) is 5.72. The van der Waals surface area contributed by atoms with Gasteiger partial charge in [0.25, 0.3) is 0 Å². The molecule has 0 radical (unpaired) electrons. The fourth-order valence-corrected chi connectivity index (χ4v) is 1.90. The van der Waals surface area contributed by atoms with Crippen LogP contribution in [0.1, 0.15) is 44.1 Å². The van der Waals surface area contributed by atoms with Crippen LogP contribution in [0.5, 0.6) is 0 Å². The summed E-state index contributed by atoms with van der Waals surface area (Å²) in [7, 11) is 4.04. The van der Waals surface area contributed by atoms with Crippen molar-refractivity contribution in [3.8, 4) is 0 Å². The predicted octanol–water partition coefficient (Wildman–Crippen LogP) is 2.43. The highest BCUT2D eigenvalue weighted by atomic mass is 15.3. The molecule has 1 aromatic rings. The third-order valence-electron chi connectivity index (χ3n) is 2.78. The first-order chi connectivity index (χ1) is 7.04. The smallest absolute Gasteiger partial charge is 0.0597 e. The van der Waals surface area contributed by atoms with Gasteiger partial charge in [0.05, 0.1) is 11.4 Å². The van der Waals surface area contributed by atoms with E-state index in [0.717, 1.165) is 11.6 Å². The molecule has 1 rings (SSSR count). The Morgan fingerprint density at radius 1 is 1.40 bits per heavy atom. The average Bonchev–Trinajstić information content (AvgIpc) is 2.46. The minimum absolute atomic E-state index is 0.429. The number of nitrogens with zero attached hydrogens (tertiary/aromatic N) is 2. The van der Waals surface area contributed by atoms with Crippen molar-refractivity contribution in [3.63, 3.8) is 0 Å². The Morgan fingerprint density at radius 3 is 2.47 bits per heavy atom. The Hall–Kier alpha value is -0.830. The largest absolute Gasteiger partial charge is 0.312 e. The van der Waals surface area contributed by atoms with Gasteiger partial charge in [0.15, 0.2) is 0 Å². The fourth-order valence-electron chi connectivity index (χ4n) is 1.90. The highest BCUT2D eigenvalue weighted by molar-refractivity contribution is 5.12. The maximum absolute atomic E-state index is 4.38. The summed E-state index contributed by atoms with van der Waals surface area (Å²) in [5.41, 5.74) is 2.38. The van der Waals surface area contributed by atoms with Crippen molar-refractivity contribution in [2.24, 2.45) is 13.0 Å². The zero-order chi connectivity index (χ0) is 11.4. The van der Waals surface area contributed by atoms with Crippen LogP contribution in [0.2, 0.25) is 0 Å². The molecule has 0 saturated heterocycles. The van der Waals surface area contributed by atoms with E-state index in [9.17, 15) is 0 Å². The van der Waals surface area contributed by atoms with E-state index < -0.39 is 0 Å². The second-order valence-electron chi connectivity index (χ2n) is 4.65. The van der Waals surface area contributed by atoms with Crippen molar-refractivity contribution < 1.29 is 0 Å². The minimum atomic E-state index is 0.429. The van der Waals surface area contributed by atoms with Gasteiger partial charge in [-0.15, -0.1) is 0 Å². The summed E-state index contributed by atoms with van der Waals surface area (Å²) in [6.07, 6.45) is 2.42. The summed E-state index contributed by atoms with van der Waals surface area (Å²) in [6, 6.07) is 2.60. The summed E-state index contributed by atoms with van der Waals surface area (Å²) in [5, 5.41) is 7.75. The van der Waals surface area contributed by atoms with Crippen LogP contribution in [0.3, 0.4) is 0 Å². The fraction of sp³-hybridized carbons (Fsp3) is 0.750. The molecule has 1 atom stereocenters. The van der Waals surface area contributed by atoms with Gasteiger partial charge in [0.1, 0.15) is 0 Å². The monoisotopic (exact) mass is 209 g/mol. The zero-order valence-corrected chi connectivity index (χ0v) is 10.5. The van der Waals surface area contributed by atoms with E-state index >= 15 is 0 Å². The molecule has 0 aromatic carbocycles. The topological polar surface area (TPSA) is 29.9 Å². The molecule has 0 fully saturated rings. The number of nitrogens with one attached hydrogen (secondary N) is 1. The van der Waals surface area contributed by atoms with Crippen molar-refractivity contribution in [2.75, 3.05) is 7.05 Å². The molecule has 0 aliphatic rings. The van der Waals surface area contributed by atoms with Crippen LogP contribution in [-0.2, 0) is 7.05 Å². The lowest BCUT2D eigenvalue weighted by Crippen LogP contribution is -2.19. The number of aromatic nitrogens is 2. The first-order valence-corrected chi connectivity index (χ1v) is 5.72. The van der Waals surface area contributed by atoms with Crippen LogP contribution >= 0.6 is 0 Å². The molecular formula is C12H23N3. The van der Waals surface area contributed by atoms with Crippen molar-refractivity contribution in [2.45, 2.75) is 39.7 Å². The van der Waals surface area contributed by atoms with Crippen LogP contribution in [0.15, 0.2) is 6.07 Å². The van der Waals surface area contributed by atoms with Gasteiger partial charge >= 0.3 is 0 Å². The first kappa shape index (κ1) is 12.2. The number of rotatable bonds is 5. The molecule has 3 nitrogen and oxygen atoms in total. The highest BCUT2D eigenvalue weighted by Gasteiger charge is 2.14. The summed E-state index contributed by atoms with van der Waals surface area (Å²) in [5.74, 6) is 0.759.